The minimum absolute atomic E-state index is 0.219. The summed E-state index contributed by atoms with van der Waals surface area (Å²) in [5, 5.41) is 10.6. The Labute approximate surface area is 64.8 Å². The number of hydrogen-bond acceptors (Lipinski definition) is 2. The topological polar surface area (TPSA) is 39.5 Å². The highest BCUT2D eigenvalue weighted by atomic mass is 16.6. The van der Waals surface area contributed by atoms with Crippen LogP contribution in [0.15, 0.2) is 24.5 Å². The Kier molecular flexibility index (Phi) is 1.32. The Morgan fingerprint density at radius 3 is 2.45 bits per heavy atom. The van der Waals surface area contributed by atoms with E-state index >= 15 is 0 Å². The lowest BCUT2D eigenvalue weighted by atomic mass is 10.2. The third kappa shape index (κ3) is 1.19. The van der Waals surface area contributed by atoms with Crippen LogP contribution in [-0.4, -0.2) is 6.10 Å². The quantitative estimate of drug-likeness (QED) is 0.338. The average molecular weight is 151 g/mol. The molecule has 0 unspecified atom stereocenters. The van der Waals surface area contributed by atoms with Gasteiger partial charge in [0.2, 0.25) is 0 Å². The number of nitrogens with zero attached hydrogens (tertiary/aromatic N) is 1. The Morgan fingerprint density at radius 1 is 1.45 bits per heavy atom. The monoisotopic (exact) mass is 151 g/mol. The summed E-state index contributed by atoms with van der Waals surface area (Å²) < 4.78 is 6.01. The molecule has 1 aliphatic heterocycles. The number of aromatic nitrogens is 1. The van der Waals surface area contributed by atoms with Crippen molar-refractivity contribution < 1.29 is 9.47 Å². The predicted octanol–water partition coefficient (Wildman–Crippen LogP) is 0.780. The molecule has 2 heterocycles. The normalized spacial score (nSPS) is 28.5. The van der Waals surface area contributed by atoms with Crippen LogP contribution >= 0.6 is 0 Å². The summed E-state index contributed by atoms with van der Waals surface area (Å²) in [7, 11) is 0. The van der Waals surface area contributed by atoms with Crippen LogP contribution in [-0.2, 0) is 4.74 Å². The molecule has 1 aromatic heterocycles. The first-order valence-corrected chi connectivity index (χ1v) is 3.61. The smallest absolute Gasteiger partial charge is 0.180 e. The van der Waals surface area contributed by atoms with Gasteiger partial charge in [0.15, 0.2) is 12.4 Å². The summed E-state index contributed by atoms with van der Waals surface area (Å²) in [5.74, 6) is 0. The molecule has 0 amide bonds. The van der Waals surface area contributed by atoms with Crippen molar-refractivity contribution in [2.75, 3.05) is 0 Å². The average Bonchev–Trinajstić information content (AvgIpc) is 2.69. The van der Waals surface area contributed by atoms with Crippen molar-refractivity contribution in [2.24, 2.45) is 0 Å². The van der Waals surface area contributed by atoms with Gasteiger partial charge in [-0.05, 0) is 12.5 Å². The number of hydrogen-bond donors (Lipinski definition) is 0. The van der Waals surface area contributed by atoms with Gasteiger partial charge in [0.1, 0.15) is 6.10 Å². The SMILES string of the molecule is C[C@H]1O[C@@H]1c1cc[n+]([O-])cc1. The van der Waals surface area contributed by atoms with Crippen LogP contribution in [0.2, 0.25) is 0 Å². The van der Waals surface area contributed by atoms with Gasteiger partial charge < -0.3 is 9.94 Å². The summed E-state index contributed by atoms with van der Waals surface area (Å²) >= 11 is 0. The first-order valence-electron chi connectivity index (χ1n) is 3.61. The highest BCUT2D eigenvalue weighted by molar-refractivity contribution is 5.16. The van der Waals surface area contributed by atoms with Gasteiger partial charge in [0.05, 0.1) is 6.10 Å². The van der Waals surface area contributed by atoms with Crippen LogP contribution in [0.1, 0.15) is 18.6 Å². The van der Waals surface area contributed by atoms with Crippen LogP contribution < -0.4 is 4.73 Å². The van der Waals surface area contributed by atoms with Gasteiger partial charge >= 0.3 is 0 Å². The fourth-order valence-electron chi connectivity index (χ4n) is 1.15. The van der Waals surface area contributed by atoms with Crippen LogP contribution in [0.3, 0.4) is 0 Å². The second-order valence-electron chi connectivity index (χ2n) is 2.75. The maximum Gasteiger partial charge on any atom is 0.180 e. The molecule has 1 saturated heterocycles. The van der Waals surface area contributed by atoms with E-state index in [1.165, 1.54) is 12.4 Å². The summed E-state index contributed by atoms with van der Waals surface area (Å²) in [6.07, 6.45) is 3.52. The zero-order valence-electron chi connectivity index (χ0n) is 6.23. The molecule has 1 aromatic rings. The van der Waals surface area contributed by atoms with Gasteiger partial charge in [-0.25, -0.2) is 0 Å². The van der Waals surface area contributed by atoms with Crippen molar-refractivity contribution in [3.63, 3.8) is 0 Å². The Hall–Kier alpha value is -1.09. The number of ether oxygens (including phenoxy) is 1. The lowest BCUT2D eigenvalue weighted by Crippen LogP contribution is -2.23. The fourth-order valence-corrected chi connectivity index (χ4v) is 1.15. The van der Waals surface area contributed by atoms with E-state index in [9.17, 15) is 5.21 Å². The van der Waals surface area contributed by atoms with E-state index < -0.39 is 0 Å². The van der Waals surface area contributed by atoms with Crippen molar-refractivity contribution in [1.29, 1.82) is 0 Å². The molecule has 2 rings (SSSR count). The van der Waals surface area contributed by atoms with E-state index in [1.54, 1.807) is 12.1 Å². The molecule has 0 spiro atoms. The summed E-state index contributed by atoms with van der Waals surface area (Å²) in [6.45, 7) is 2.02. The Balaban J connectivity index is 2.21. The van der Waals surface area contributed by atoms with E-state index in [1.807, 2.05) is 6.92 Å². The first-order chi connectivity index (χ1) is 5.27. The second-order valence-corrected chi connectivity index (χ2v) is 2.75. The maximum absolute atomic E-state index is 10.6. The highest BCUT2D eigenvalue weighted by Crippen LogP contribution is 2.37. The zero-order valence-corrected chi connectivity index (χ0v) is 6.23. The predicted molar refractivity (Wildman–Crippen MR) is 38.7 cm³/mol. The van der Waals surface area contributed by atoms with Crippen LogP contribution in [0.4, 0.5) is 0 Å². The fraction of sp³-hybridized carbons (Fsp3) is 0.375. The van der Waals surface area contributed by atoms with Crippen molar-refractivity contribution in [1.82, 2.24) is 0 Å². The molecule has 0 bridgehead atoms. The zero-order chi connectivity index (χ0) is 7.84. The molecule has 1 aliphatic rings. The summed E-state index contributed by atoms with van der Waals surface area (Å²) in [6, 6.07) is 3.59. The lowest BCUT2D eigenvalue weighted by molar-refractivity contribution is -0.605. The van der Waals surface area contributed by atoms with Gasteiger partial charge in [-0.3, -0.25) is 0 Å². The molecule has 0 aliphatic carbocycles. The molecular formula is C8H9NO2. The third-order valence-corrected chi connectivity index (χ3v) is 1.87. The van der Waals surface area contributed by atoms with E-state index in [4.69, 9.17) is 4.74 Å². The molecule has 0 N–H and O–H groups in total. The van der Waals surface area contributed by atoms with Gasteiger partial charge in [0, 0.05) is 12.1 Å². The molecule has 2 atom stereocenters. The minimum Gasteiger partial charge on any atom is -0.619 e. The molecule has 3 heteroatoms. The van der Waals surface area contributed by atoms with Crippen molar-refractivity contribution in [3.05, 3.63) is 35.3 Å². The molecule has 0 radical (unpaired) electrons. The third-order valence-electron chi connectivity index (χ3n) is 1.87. The molecular weight excluding hydrogens is 142 g/mol. The number of epoxide rings is 1. The standard InChI is InChI=1S/C8H9NO2/c1-6-8(11-6)7-2-4-9(10)5-3-7/h2-6,8H,1H3/t6-,8+/m1/s1. The van der Waals surface area contributed by atoms with Gasteiger partial charge in [-0.1, -0.05) is 0 Å². The van der Waals surface area contributed by atoms with Gasteiger partial charge in [-0.15, -0.1) is 0 Å². The van der Waals surface area contributed by atoms with E-state index in [0.29, 0.717) is 6.10 Å². The van der Waals surface area contributed by atoms with Gasteiger partial charge in [-0.2, -0.15) is 4.73 Å². The first kappa shape index (κ1) is 6.61. The van der Waals surface area contributed by atoms with Crippen LogP contribution in [0, 0.1) is 5.21 Å². The van der Waals surface area contributed by atoms with Crippen molar-refractivity contribution in [3.8, 4) is 0 Å². The molecule has 11 heavy (non-hydrogen) atoms. The molecule has 58 valence electrons. The molecule has 0 aromatic carbocycles. The van der Waals surface area contributed by atoms with Crippen LogP contribution in [0.5, 0.6) is 0 Å². The van der Waals surface area contributed by atoms with Crippen molar-refractivity contribution in [2.45, 2.75) is 19.1 Å². The van der Waals surface area contributed by atoms with Crippen molar-refractivity contribution >= 4 is 0 Å². The summed E-state index contributed by atoms with van der Waals surface area (Å²) in [4.78, 5) is 0. The van der Waals surface area contributed by atoms with E-state index in [2.05, 4.69) is 0 Å². The molecule has 1 fully saturated rings. The van der Waals surface area contributed by atoms with E-state index in [0.717, 1.165) is 10.3 Å². The summed E-state index contributed by atoms with van der Waals surface area (Å²) in [5.41, 5.74) is 1.09. The largest absolute Gasteiger partial charge is 0.619 e. The number of pyridine rings is 1. The van der Waals surface area contributed by atoms with E-state index in [-0.39, 0.29) is 6.10 Å². The second kappa shape index (κ2) is 2.20. The minimum atomic E-state index is 0.219. The number of rotatable bonds is 1. The highest BCUT2D eigenvalue weighted by Gasteiger charge is 2.35. The lowest BCUT2D eigenvalue weighted by Gasteiger charge is -1.95. The Bertz CT molecular complexity index is 257. The van der Waals surface area contributed by atoms with Gasteiger partial charge in [0.25, 0.3) is 0 Å². The maximum atomic E-state index is 10.6. The Morgan fingerprint density at radius 2 is 2.00 bits per heavy atom. The molecule has 0 saturated carbocycles. The van der Waals surface area contributed by atoms with Crippen LogP contribution in [0.25, 0.3) is 0 Å². The molecule has 3 nitrogen and oxygen atoms in total.